The van der Waals surface area contributed by atoms with Crippen molar-refractivity contribution in [1.82, 2.24) is 9.21 Å². The van der Waals surface area contributed by atoms with E-state index in [9.17, 15) is 22.0 Å². The summed E-state index contributed by atoms with van der Waals surface area (Å²) in [5.41, 5.74) is 1.58. The number of rotatable bonds is 10. The zero-order chi connectivity index (χ0) is 24.0. The molecule has 33 heavy (non-hydrogen) atoms. The van der Waals surface area contributed by atoms with Crippen LogP contribution < -0.4 is 9.47 Å². The van der Waals surface area contributed by atoms with Crippen molar-refractivity contribution in [3.8, 4) is 11.5 Å². The lowest BCUT2D eigenvalue weighted by atomic mass is 10.1. The van der Waals surface area contributed by atoms with Crippen LogP contribution in [-0.2, 0) is 27.8 Å². The van der Waals surface area contributed by atoms with Gasteiger partial charge in [0.1, 0.15) is 0 Å². The Hall–Kier alpha value is -2.72. The number of aryl methyl sites for hydroxylation is 1. The summed E-state index contributed by atoms with van der Waals surface area (Å²) in [6.07, 6.45) is 2.48. The summed E-state index contributed by atoms with van der Waals surface area (Å²) in [6.45, 7) is -1.57. The molecule has 0 aromatic heterocycles. The molecule has 1 saturated heterocycles. The highest BCUT2D eigenvalue weighted by Crippen LogP contribution is 2.30. The third-order valence-electron chi connectivity index (χ3n) is 5.54. The second-order valence-corrected chi connectivity index (χ2v) is 9.81. The molecule has 1 aliphatic rings. The van der Waals surface area contributed by atoms with Crippen LogP contribution in [0.2, 0.25) is 0 Å². The van der Waals surface area contributed by atoms with E-state index >= 15 is 0 Å². The molecule has 0 atom stereocenters. The lowest BCUT2D eigenvalue weighted by molar-refractivity contribution is -0.130. The molecule has 180 valence electrons. The largest absolute Gasteiger partial charge is 0.493 e. The molecule has 0 saturated carbocycles. The molecule has 0 unspecified atom stereocenters. The van der Waals surface area contributed by atoms with Crippen LogP contribution >= 0.6 is 0 Å². The first-order valence-electron chi connectivity index (χ1n) is 10.7. The van der Waals surface area contributed by atoms with E-state index in [0.29, 0.717) is 25.1 Å². The van der Waals surface area contributed by atoms with E-state index in [2.05, 4.69) is 4.74 Å². The summed E-state index contributed by atoms with van der Waals surface area (Å²) in [5.74, 6) is -0.00585. The predicted octanol–water partition coefficient (Wildman–Crippen LogP) is 3.67. The van der Waals surface area contributed by atoms with Crippen LogP contribution in [0.15, 0.2) is 47.4 Å². The molecule has 10 heteroatoms. The number of hydrogen-bond acceptors (Lipinski definition) is 5. The molecule has 7 nitrogen and oxygen atoms in total. The average molecular weight is 483 g/mol. The van der Waals surface area contributed by atoms with E-state index in [0.717, 1.165) is 18.4 Å². The van der Waals surface area contributed by atoms with Crippen LogP contribution in [0, 0.1) is 0 Å². The van der Waals surface area contributed by atoms with E-state index in [1.54, 1.807) is 43.4 Å². The lowest BCUT2D eigenvalue weighted by Gasteiger charge is -2.19. The van der Waals surface area contributed by atoms with Gasteiger partial charge in [0, 0.05) is 33.1 Å². The van der Waals surface area contributed by atoms with E-state index in [-0.39, 0.29) is 35.3 Å². The molecule has 1 fully saturated rings. The third kappa shape index (κ3) is 6.42. The quantitative estimate of drug-likeness (QED) is 0.517. The van der Waals surface area contributed by atoms with Crippen molar-refractivity contribution >= 4 is 15.9 Å². The van der Waals surface area contributed by atoms with E-state index in [1.165, 1.54) is 22.4 Å². The maximum Gasteiger partial charge on any atom is 0.387 e. The van der Waals surface area contributed by atoms with E-state index in [1.807, 2.05) is 0 Å². The summed E-state index contributed by atoms with van der Waals surface area (Å²) < 4.78 is 61.1. The molecule has 2 aromatic carbocycles. The Labute approximate surface area is 192 Å². The average Bonchev–Trinajstić information content (AvgIpc) is 3.34. The normalized spacial score (nSPS) is 14.5. The Morgan fingerprint density at radius 1 is 1.06 bits per heavy atom. The predicted molar refractivity (Wildman–Crippen MR) is 119 cm³/mol. The van der Waals surface area contributed by atoms with Crippen LogP contribution in [0.3, 0.4) is 0 Å². The van der Waals surface area contributed by atoms with Gasteiger partial charge in [-0.05, 0) is 54.7 Å². The van der Waals surface area contributed by atoms with Crippen molar-refractivity contribution in [2.75, 3.05) is 27.2 Å². The summed E-state index contributed by atoms with van der Waals surface area (Å²) in [6, 6.07) is 11.2. The third-order valence-corrected chi connectivity index (χ3v) is 7.46. The van der Waals surface area contributed by atoms with Gasteiger partial charge in [0.05, 0.1) is 12.0 Å². The summed E-state index contributed by atoms with van der Waals surface area (Å²) in [5, 5.41) is 0. The summed E-state index contributed by atoms with van der Waals surface area (Å²) in [7, 11) is -0.441. The molecule has 0 bridgehead atoms. The molecule has 2 aromatic rings. The van der Waals surface area contributed by atoms with Gasteiger partial charge in [-0.3, -0.25) is 4.79 Å². The topological polar surface area (TPSA) is 76.2 Å². The minimum absolute atomic E-state index is 0.0691. The first kappa shape index (κ1) is 24.9. The Morgan fingerprint density at radius 3 is 2.30 bits per heavy atom. The van der Waals surface area contributed by atoms with Gasteiger partial charge in [-0.15, -0.1) is 0 Å². The lowest BCUT2D eigenvalue weighted by Crippen LogP contribution is -2.27. The van der Waals surface area contributed by atoms with Gasteiger partial charge < -0.3 is 14.4 Å². The number of ether oxygens (including phenoxy) is 2. The molecule has 1 aliphatic heterocycles. The first-order valence-corrected chi connectivity index (χ1v) is 12.1. The number of alkyl halides is 2. The number of carbonyl (C=O) groups excluding carboxylic acids is 1. The maximum absolute atomic E-state index is 12.6. The summed E-state index contributed by atoms with van der Waals surface area (Å²) >= 11 is 0. The standard InChI is InChI=1S/C23H28F2N2O5S/c1-26(16-18-7-11-20(32-23(24)25)21(15-18)31-2)22(28)12-8-17-5-9-19(10-6-17)33(29,30)27-13-3-4-14-27/h5-7,9-11,15,23H,3-4,8,12-14,16H2,1-2H3. The van der Waals surface area contributed by atoms with Gasteiger partial charge in [-0.1, -0.05) is 18.2 Å². The number of methoxy groups -OCH3 is 1. The molecular formula is C23H28F2N2O5S. The van der Waals surface area contributed by atoms with Crippen LogP contribution in [0.5, 0.6) is 11.5 Å². The molecule has 0 radical (unpaired) electrons. The fourth-order valence-electron chi connectivity index (χ4n) is 3.71. The highest BCUT2D eigenvalue weighted by atomic mass is 32.2. The molecule has 1 heterocycles. The fourth-order valence-corrected chi connectivity index (χ4v) is 5.23. The Bertz CT molecular complexity index is 1060. The van der Waals surface area contributed by atoms with Gasteiger partial charge in [-0.2, -0.15) is 13.1 Å². The zero-order valence-corrected chi connectivity index (χ0v) is 19.5. The second-order valence-electron chi connectivity index (χ2n) is 7.87. The highest BCUT2D eigenvalue weighted by Gasteiger charge is 2.26. The number of nitrogens with zero attached hydrogens (tertiary/aromatic N) is 2. The van der Waals surface area contributed by atoms with Crippen molar-refractivity contribution in [3.63, 3.8) is 0 Å². The van der Waals surface area contributed by atoms with Gasteiger partial charge in [-0.25, -0.2) is 8.42 Å². The van der Waals surface area contributed by atoms with Crippen LogP contribution in [-0.4, -0.2) is 57.4 Å². The molecule has 1 amide bonds. The number of carbonyl (C=O) groups is 1. The van der Waals surface area contributed by atoms with Crippen LogP contribution in [0.25, 0.3) is 0 Å². The number of amides is 1. The van der Waals surface area contributed by atoms with Gasteiger partial charge in [0.15, 0.2) is 11.5 Å². The van der Waals surface area contributed by atoms with Gasteiger partial charge >= 0.3 is 6.61 Å². The second kappa shape index (κ2) is 10.9. The summed E-state index contributed by atoms with van der Waals surface area (Å²) in [4.78, 5) is 14.4. The van der Waals surface area contributed by atoms with Crippen molar-refractivity contribution in [1.29, 1.82) is 0 Å². The maximum atomic E-state index is 12.6. The zero-order valence-electron chi connectivity index (χ0n) is 18.7. The van der Waals surface area contributed by atoms with Gasteiger partial charge in [0.25, 0.3) is 0 Å². The van der Waals surface area contributed by atoms with Crippen molar-refractivity contribution < 1.29 is 31.5 Å². The van der Waals surface area contributed by atoms with E-state index in [4.69, 9.17) is 4.74 Å². The SMILES string of the molecule is COc1cc(CN(C)C(=O)CCc2ccc(S(=O)(=O)N3CCCC3)cc2)ccc1OC(F)F. The monoisotopic (exact) mass is 482 g/mol. The smallest absolute Gasteiger partial charge is 0.387 e. The molecule has 0 spiro atoms. The van der Waals surface area contributed by atoms with Crippen molar-refractivity contribution in [2.24, 2.45) is 0 Å². The minimum atomic E-state index is -3.45. The van der Waals surface area contributed by atoms with E-state index < -0.39 is 16.6 Å². The van der Waals surface area contributed by atoms with Crippen LogP contribution in [0.4, 0.5) is 8.78 Å². The Morgan fingerprint density at radius 2 is 1.70 bits per heavy atom. The van der Waals surface area contributed by atoms with Crippen molar-refractivity contribution in [2.45, 2.75) is 43.7 Å². The fraction of sp³-hybridized carbons (Fsp3) is 0.435. The molecule has 0 aliphatic carbocycles. The first-order chi connectivity index (χ1) is 15.7. The number of halogens is 2. The molecular weight excluding hydrogens is 454 g/mol. The number of benzene rings is 2. The van der Waals surface area contributed by atoms with Crippen molar-refractivity contribution in [3.05, 3.63) is 53.6 Å². The number of sulfonamides is 1. The molecule has 0 N–H and O–H groups in total. The number of hydrogen-bond donors (Lipinski definition) is 0. The Balaban J connectivity index is 1.55. The minimum Gasteiger partial charge on any atom is -0.493 e. The Kier molecular flexibility index (Phi) is 8.25. The van der Waals surface area contributed by atoms with Gasteiger partial charge in [0.2, 0.25) is 15.9 Å². The molecule has 3 rings (SSSR count). The highest BCUT2D eigenvalue weighted by molar-refractivity contribution is 7.89. The van der Waals surface area contributed by atoms with Crippen LogP contribution in [0.1, 0.15) is 30.4 Å².